The summed E-state index contributed by atoms with van der Waals surface area (Å²) in [5.41, 5.74) is 0. The monoisotopic (exact) mass is 1100 g/mol. The summed E-state index contributed by atoms with van der Waals surface area (Å²) in [6, 6.07) is 0. The van der Waals surface area contributed by atoms with Crippen LogP contribution >= 0.6 is 0 Å². The van der Waals surface area contributed by atoms with E-state index in [9.17, 15) is 14.7 Å². The number of aliphatic hydroxyl groups is 1. The molecule has 5 nitrogen and oxygen atoms in total. The quantitative estimate of drug-likeness (QED) is 0.0373. The van der Waals surface area contributed by atoms with Crippen LogP contribution in [0.1, 0.15) is 296 Å². The van der Waals surface area contributed by atoms with Crippen LogP contribution < -0.4 is 0 Å². The first-order valence-electron chi connectivity index (χ1n) is 33.4. The molecule has 0 aliphatic heterocycles. The number of rotatable bonds is 60. The fraction of sp³-hybridized carbons (Fsp3) is 0.653. The SMILES string of the molecule is CC/C=C\C/C=C\C/C=C\C/C=C\C/C=C\C/C=C\C/C=C\C/C=C\CCCCCCCCC(=O)OC(CO)COC(=O)CCCCCCCCCCCCCCCCCCCCCCCC/C=C\C/C=C\C/C=C\C/C=C\CC. The summed E-state index contributed by atoms with van der Waals surface area (Å²) in [4.78, 5) is 24.6. The van der Waals surface area contributed by atoms with Crippen LogP contribution in [-0.2, 0) is 19.1 Å². The molecule has 1 unspecified atom stereocenters. The first-order chi connectivity index (χ1) is 39.6. The van der Waals surface area contributed by atoms with Crippen LogP contribution in [0.15, 0.2) is 146 Å². The number of hydrogen-bond acceptors (Lipinski definition) is 5. The van der Waals surface area contributed by atoms with Crippen LogP contribution in [0, 0.1) is 0 Å². The van der Waals surface area contributed by atoms with E-state index in [-0.39, 0.29) is 25.2 Å². The second-order valence-corrected chi connectivity index (χ2v) is 21.8. The molecule has 0 amide bonds. The molecule has 0 aliphatic carbocycles. The molecule has 0 aromatic carbocycles. The Kier molecular flexibility index (Phi) is 65.4. The van der Waals surface area contributed by atoms with Crippen molar-refractivity contribution in [1.29, 1.82) is 0 Å². The van der Waals surface area contributed by atoms with Crippen LogP contribution in [0.25, 0.3) is 0 Å². The second-order valence-electron chi connectivity index (χ2n) is 21.8. The summed E-state index contributed by atoms with van der Waals surface area (Å²) in [6.45, 7) is 3.92. The van der Waals surface area contributed by atoms with Crippen molar-refractivity contribution in [3.05, 3.63) is 146 Å². The van der Waals surface area contributed by atoms with Gasteiger partial charge in [0.05, 0.1) is 6.61 Å². The highest BCUT2D eigenvalue weighted by Crippen LogP contribution is 2.17. The van der Waals surface area contributed by atoms with Crippen LogP contribution in [0.5, 0.6) is 0 Å². The van der Waals surface area contributed by atoms with E-state index in [4.69, 9.17) is 9.47 Å². The molecule has 0 bridgehead atoms. The number of allylic oxidation sites excluding steroid dienone is 24. The van der Waals surface area contributed by atoms with Crippen LogP contribution in [0.4, 0.5) is 0 Å². The van der Waals surface area contributed by atoms with E-state index in [1.54, 1.807) is 0 Å². The van der Waals surface area contributed by atoms with E-state index in [1.807, 2.05) is 0 Å². The Morgan fingerprint density at radius 3 is 0.750 bits per heavy atom. The van der Waals surface area contributed by atoms with Gasteiger partial charge in [0.2, 0.25) is 0 Å². The number of carbonyl (C=O) groups is 2. The van der Waals surface area contributed by atoms with Crippen molar-refractivity contribution in [2.75, 3.05) is 13.2 Å². The van der Waals surface area contributed by atoms with Gasteiger partial charge in [-0.25, -0.2) is 0 Å². The molecule has 0 saturated heterocycles. The summed E-state index contributed by atoms with van der Waals surface area (Å²) >= 11 is 0. The van der Waals surface area contributed by atoms with Gasteiger partial charge < -0.3 is 14.6 Å². The Labute approximate surface area is 495 Å². The second kappa shape index (κ2) is 69.1. The molecular formula is C75H124O5. The molecule has 0 spiro atoms. The zero-order valence-electron chi connectivity index (χ0n) is 52.0. The van der Waals surface area contributed by atoms with E-state index in [0.29, 0.717) is 12.8 Å². The zero-order valence-corrected chi connectivity index (χ0v) is 52.0. The Morgan fingerprint density at radius 2 is 0.500 bits per heavy atom. The molecule has 1 atom stereocenters. The highest BCUT2D eigenvalue weighted by molar-refractivity contribution is 5.70. The average molecular weight is 1110 g/mol. The summed E-state index contributed by atoms with van der Waals surface area (Å²) in [7, 11) is 0. The number of unbranched alkanes of at least 4 members (excludes halogenated alkanes) is 28. The largest absolute Gasteiger partial charge is 0.462 e. The lowest BCUT2D eigenvalue weighted by molar-refractivity contribution is -0.161. The Bertz CT molecular complexity index is 1680. The molecule has 0 aliphatic rings. The lowest BCUT2D eigenvalue weighted by Gasteiger charge is -2.15. The van der Waals surface area contributed by atoms with E-state index < -0.39 is 6.10 Å². The Balaban J connectivity index is 3.52. The van der Waals surface area contributed by atoms with E-state index >= 15 is 0 Å². The van der Waals surface area contributed by atoms with E-state index in [0.717, 1.165) is 122 Å². The molecule has 0 rings (SSSR count). The molecule has 454 valence electrons. The summed E-state index contributed by atoms with van der Waals surface area (Å²) < 4.78 is 10.7. The maximum atomic E-state index is 12.3. The van der Waals surface area contributed by atoms with Gasteiger partial charge in [-0.3, -0.25) is 9.59 Å². The normalized spacial score (nSPS) is 13.2. The molecule has 0 radical (unpaired) electrons. The molecule has 80 heavy (non-hydrogen) atoms. The van der Waals surface area contributed by atoms with Crippen molar-refractivity contribution in [2.45, 2.75) is 302 Å². The molecular weight excluding hydrogens is 981 g/mol. The smallest absolute Gasteiger partial charge is 0.306 e. The van der Waals surface area contributed by atoms with Gasteiger partial charge in [0.1, 0.15) is 6.61 Å². The van der Waals surface area contributed by atoms with Gasteiger partial charge >= 0.3 is 11.9 Å². The van der Waals surface area contributed by atoms with Crippen molar-refractivity contribution in [3.8, 4) is 0 Å². The molecule has 0 fully saturated rings. The highest BCUT2D eigenvalue weighted by atomic mass is 16.6. The predicted molar refractivity (Wildman–Crippen MR) is 352 cm³/mol. The topological polar surface area (TPSA) is 72.8 Å². The number of ether oxygens (including phenoxy) is 2. The van der Waals surface area contributed by atoms with Gasteiger partial charge in [0.15, 0.2) is 6.10 Å². The highest BCUT2D eigenvalue weighted by Gasteiger charge is 2.16. The van der Waals surface area contributed by atoms with Crippen LogP contribution in [0.2, 0.25) is 0 Å². The zero-order chi connectivity index (χ0) is 57.6. The summed E-state index contributed by atoms with van der Waals surface area (Å²) in [5, 5.41) is 9.69. The third kappa shape index (κ3) is 66.3. The number of aliphatic hydroxyl groups excluding tert-OH is 1. The number of carbonyl (C=O) groups excluding carboxylic acids is 2. The molecule has 0 aromatic heterocycles. The van der Waals surface area contributed by atoms with E-state index in [2.05, 4.69) is 160 Å². The average Bonchev–Trinajstić information content (AvgIpc) is 3.46. The molecule has 5 heteroatoms. The van der Waals surface area contributed by atoms with Gasteiger partial charge in [-0.15, -0.1) is 0 Å². The van der Waals surface area contributed by atoms with Crippen molar-refractivity contribution < 1.29 is 24.2 Å². The van der Waals surface area contributed by atoms with Crippen molar-refractivity contribution in [2.24, 2.45) is 0 Å². The summed E-state index contributed by atoms with van der Waals surface area (Å²) in [6.07, 6.45) is 104. The standard InChI is InChI=1S/C75H124O5/c1-3-5-7-9-11-13-15-17-19-21-23-25-27-29-31-33-35-36-37-38-40-41-43-45-47-49-51-53-55-57-59-61-63-65-67-69-74(77)79-72-73(71-76)80-75(78)70-68-66-64-62-60-58-56-54-52-50-48-46-44-42-39-34-32-30-28-26-24-22-20-18-16-14-12-10-8-6-4-2/h5-8,11-14,17-20,23-26,30,32,39,42,46,48,52,54,73,76H,3-4,9-10,15-16,21-22,27-29,31,33-38,40-41,43-45,47,49-51,53,55-72H2,1-2H3/b7-5-,8-6-,13-11-,14-12-,19-17-,20-18-,25-23-,26-24-,32-30-,42-39-,48-46-,54-52-. The van der Waals surface area contributed by atoms with Gasteiger partial charge in [0, 0.05) is 12.8 Å². The Hall–Kier alpha value is -4.22. The first kappa shape index (κ1) is 75.8. The lowest BCUT2D eigenvalue weighted by atomic mass is 10.0. The summed E-state index contributed by atoms with van der Waals surface area (Å²) in [5.74, 6) is -0.606. The van der Waals surface area contributed by atoms with Crippen molar-refractivity contribution in [1.82, 2.24) is 0 Å². The maximum absolute atomic E-state index is 12.3. The van der Waals surface area contributed by atoms with Crippen LogP contribution in [0.3, 0.4) is 0 Å². The lowest BCUT2D eigenvalue weighted by Crippen LogP contribution is -2.28. The van der Waals surface area contributed by atoms with Gasteiger partial charge in [0.25, 0.3) is 0 Å². The first-order valence-corrected chi connectivity index (χ1v) is 33.4. The third-order valence-electron chi connectivity index (χ3n) is 14.1. The minimum Gasteiger partial charge on any atom is -0.462 e. The third-order valence-corrected chi connectivity index (χ3v) is 14.1. The fourth-order valence-corrected chi connectivity index (χ4v) is 9.21. The van der Waals surface area contributed by atoms with Gasteiger partial charge in [-0.05, 0) is 116 Å². The molecule has 0 saturated carbocycles. The van der Waals surface area contributed by atoms with Crippen LogP contribution in [-0.4, -0.2) is 36.4 Å². The van der Waals surface area contributed by atoms with Crippen molar-refractivity contribution >= 4 is 11.9 Å². The minimum atomic E-state index is -0.790. The van der Waals surface area contributed by atoms with E-state index in [1.165, 1.54) is 148 Å². The van der Waals surface area contributed by atoms with Gasteiger partial charge in [-0.2, -0.15) is 0 Å². The predicted octanol–water partition coefficient (Wildman–Crippen LogP) is 23.3. The number of hydrogen-bond donors (Lipinski definition) is 1. The molecule has 0 heterocycles. The molecule has 0 aromatic rings. The van der Waals surface area contributed by atoms with Crippen molar-refractivity contribution in [3.63, 3.8) is 0 Å². The maximum Gasteiger partial charge on any atom is 0.306 e. The minimum absolute atomic E-state index is 0.0774. The van der Waals surface area contributed by atoms with Gasteiger partial charge in [-0.1, -0.05) is 314 Å². The molecule has 1 N–H and O–H groups in total. The fourth-order valence-electron chi connectivity index (χ4n) is 9.21. The number of esters is 2. The Morgan fingerprint density at radius 1 is 0.287 bits per heavy atom.